The Labute approximate surface area is 131 Å². The minimum absolute atomic E-state index is 0.0669. The maximum Gasteiger partial charge on any atom is 0.194 e. The molecular formula is C16H14BrClO2. The Hall–Kier alpha value is -1.32. The summed E-state index contributed by atoms with van der Waals surface area (Å²) in [5, 5.41) is 0.588. The second kappa shape index (κ2) is 6.42. The molecule has 0 fully saturated rings. The molecule has 0 radical (unpaired) electrons. The van der Waals surface area contributed by atoms with Gasteiger partial charge in [0.15, 0.2) is 5.78 Å². The Kier molecular flexibility index (Phi) is 4.84. The van der Waals surface area contributed by atoms with E-state index in [2.05, 4.69) is 15.9 Å². The van der Waals surface area contributed by atoms with Crippen molar-refractivity contribution in [1.29, 1.82) is 0 Å². The molecule has 0 aliphatic carbocycles. The number of hydrogen-bond donors (Lipinski definition) is 0. The highest BCUT2D eigenvalue weighted by atomic mass is 79.9. The number of carbonyl (C=O) groups excluding carboxylic acids is 1. The van der Waals surface area contributed by atoms with Crippen LogP contribution >= 0.6 is 27.5 Å². The first kappa shape index (κ1) is 15.1. The van der Waals surface area contributed by atoms with Crippen LogP contribution in [0.3, 0.4) is 0 Å². The van der Waals surface area contributed by atoms with Gasteiger partial charge in [-0.3, -0.25) is 4.79 Å². The first-order chi connectivity index (χ1) is 9.47. The fraction of sp³-hybridized carbons (Fsp3) is 0.188. The first-order valence-corrected chi connectivity index (χ1v) is 7.41. The number of rotatable bonds is 4. The summed E-state index contributed by atoms with van der Waals surface area (Å²) in [6, 6.07) is 12.3. The van der Waals surface area contributed by atoms with Crippen molar-refractivity contribution in [1.82, 2.24) is 0 Å². The molecule has 0 aliphatic heterocycles. The maximum absolute atomic E-state index is 12.5. The van der Waals surface area contributed by atoms with Crippen molar-refractivity contribution in [2.24, 2.45) is 0 Å². The van der Waals surface area contributed by atoms with Crippen LogP contribution in [0.15, 0.2) is 46.9 Å². The van der Waals surface area contributed by atoms with E-state index in [1.165, 1.54) is 0 Å². The van der Waals surface area contributed by atoms with Gasteiger partial charge < -0.3 is 4.74 Å². The molecule has 0 atom stereocenters. The van der Waals surface area contributed by atoms with Crippen molar-refractivity contribution in [2.75, 3.05) is 0 Å². The van der Waals surface area contributed by atoms with Crippen LogP contribution in [0.1, 0.15) is 29.8 Å². The third-order valence-corrected chi connectivity index (χ3v) is 3.53. The molecule has 0 aliphatic rings. The maximum atomic E-state index is 12.5. The highest BCUT2D eigenvalue weighted by Gasteiger charge is 2.13. The number of halogens is 2. The molecule has 0 amide bonds. The lowest BCUT2D eigenvalue weighted by Crippen LogP contribution is -2.07. The Bertz CT molecular complexity index is 638. The van der Waals surface area contributed by atoms with Crippen molar-refractivity contribution in [3.05, 3.63) is 63.1 Å². The normalized spacial score (nSPS) is 10.7. The van der Waals surface area contributed by atoms with Crippen molar-refractivity contribution in [3.63, 3.8) is 0 Å². The Morgan fingerprint density at radius 3 is 2.60 bits per heavy atom. The van der Waals surface area contributed by atoms with E-state index in [9.17, 15) is 4.79 Å². The van der Waals surface area contributed by atoms with Crippen LogP contribution in [0.4, 0.5) is 0 Å². The van der Waals surface area contributed by atoms with Gasteiger partial charge in [-0.25, -0.2) is 0 Å². The standard InChI is InChI=1S/C16H14BrClO2/c1-10(2)20-13-5-3-4-11(8-13)16(19)14-7-6-12(18)9-15(14)17/h3-10H,1-2H3. The zero-order chi connectivity index (χ0) is 14.7. The van der Waals surface area contributed by atoms with Crippen molar-refractivity contribution >= 4 is 33.3 Å². The molecule has 0 N–H and O–H groups in total. The summed E-state index contributed by atoms with van der Waals surface area (Å²) >= 11 is 9.26. The summed E-state index contributed by atoms with van der Waals surface area (Å²) in [5.41, 5.74) is 1.17. The van der Waals surface area contributed by atoms with E-state index in [1.807, 2.05) is 26.0 Å². The molecule has 4 heteroatoms. The molecule has 2 aromatic carbocycles. The molecule has 0 bridgehead atoms. The van der Waals surface area contributed by atoms with Gasteiger partial charge in [0.1, 0.15) is 5.75 Å². The molecule has 2 nitrogen and oxygen atoms in total. The average Bonchev–Trinajstić information content (AvgIpc) is 2.37. The third-order valence-electron chi connectivity index (χ3n) is 2.64. The minimum atomic E-state index is -0.0669. The summed E-state index contributed by atoms with van der Waals surface area (Å²) in [4.78, 5) is 12.5. The Balaban J connectivity index is 2.33. The molecule has 20 heavy (non-hydrogen) atoms. The molecule has 0 heterocycles. The largest absolute Gasteiger partial charge is 0.491 e. The Morgan fingerprint density at radius 2 is 1.95 bits per heavy atom. The van der Waals surface area contributed by atoms with Gasteiger partial charge in [0.05, 0.1) is 6.10 Å². The predicted octanol–water partition coefficient (Wildman–Crippen LogP) is 5.12. The van der Waals surface area contributed by atoms with E-state index < -0.39 is 0 Å². The smallest absolute Gasteiger partial charge is 0.194 e. The SMILES string of the molecule is CC(C)Oc1cccc(C(=O)c2ccc(Cl)cc2Br)c1. The summed E-state index contributed by atoms with van der Waals surface area (Å²) < 4.78 is 6.29. The molecular weight excluding hydrogens is 340 g/mol. The topological polar surface area (TPSA) is 26.3 Å². The van der Waals surface area contributed by atoms with E-state index >= 15 is 0 Å². The van der Waals surface area contributed by atoms with Crippen LogP contribution < -0.4 is 4.74 Å². The second-order valence-electron chi connectivity index (χ2n) is 4.65. The lowest BCUT2D eigenvalue weighted by Gasteiger charge is -2.11. The number of ketones is 1. The zero-order valence-electron chi connectivity index (χ0n) is 11.2. The van der Waals surface area contributed by atoms with E-state index in [-0.39, 0.29) is 11.9 Å². The van der Waals surface area contributed by atoms with Crippen LogP contribution in [-0.2, 0) is 0 Å². The molecule has 0 saturated heterocycles. The molecule has 0 unspecified atom stereocenters. The predicted molar refractivity (Wildman–Crippen MR) is 84.8 cm³/mol. The van der Waals surface area contributed by atoms with Gasteiger partial charge in [-0.2, -0.15) is 0 Å². The number of ether oxygens (including phenoxy) is 1. The summed E-state index contributed by atoms with van der Waals surface area (Å²) in [6.45, 7) is 3.90. The van der Waals surface area contributed by atoms with Gasteiger partial charge in [-0.15, -0.1) is 0 Å². The lowest BCUT2D eigenvalue weighted by molar-refractivity contribution is 0.103. The van der Waals surface area contributed by atoms with E-state index in [0.717, 1.165) is 0 Å². The number of benzene rings is 2. The summed E-state index contributed by atoms with van der Waals surface area (Å²) in [7, 11) is 0. The summed E-state index contributed by atoms with van der Waals surface area (Å²) in [6.07, 6.45) is 0.0719. The van der Waals surface area contributed by atoms with Gasteiger partial charge in [0.2, 0.25) is 0 Å². The van der Waals surface area contributed by atoms with Crippen LogP contribution in [-0.4, -0.2) is 11.9 Å². The fourth-order valence-electron chi connectivity index (χ4n) is 1.81. The highest BCUT2D eigenvalue weighted by molar-refractivity contribution is 9.10. The van der Waals surface area contributed by atoms with Crippen LogP contribution in [0, 0.1) is 0 Å². The summed E-state index contributed by atoms with van der Waals surface area (Å²) in [5.74, 6) is 0.624. The van der Waals surface area contributed by atoms with Gasteiger partial charge in [0.25, 0.3) is 0 Å². The monoisotopic (exact) mass is 352 g/mol. The molecule has 104 valence electrons. The Morgan fingerprint density at radius 1 is 1.20 bits per heavy atom. The lowest BCUT2D eigenvalue weighted by atomic mass is 10.0. The minimum Gasteiger partial charge on any atom is -0.491 e. The molecule has 2 aromatic rings. The van der Waals surface area contributed by atoms with Crippen molar-refractivity contribution in [2.45, 2.75) is 20.0 Å². The van der Waals surface area contributed by atoms with Crippen LogP contribution in [0.25, 0.3) is 0 Å². The van der Waals surface area contributed by atoms with E-state index in [1.54, 1.807) is 30.3 Å². The fourth-order valence-corrected chi connectivity index (χ4v) is 2.67. The highest BCUT2D eigenvalue weighted by Crippen LogP contribution is 2.25. The van der Waals surface area contributed by atoms with Gasteiger partial charge in [-0.05, 0) is 60.1 Å². The second-order valence-corrected chi connectivity index (χ2v) is 5.94. The number of hydrogen-bond acceptors (Lipinski definition) is 2. The number of carbonyl (C=O) groups is 1. The van der Waals surface area contributed by atoms with Crippen LogP contribution in [0.2, 0.25) is 5.02 Å². The van der Waals surface area contributed by atoms with Gasteiger partial charge >= 0.3 is 0 Å². The molecule has 2 rings (SSSR count). The average molecular weight is 354 g/mol. The molecule has 0 spiro atoms. The molecule has 0 saturated carbocycles. The van der Waals surface area contributed by atoms with Gasteiger partial charge in [-0.1, -0.05) is 23.7 Å². The van der Waals surface area contributed by atoms with E-state index in [4.69, 9.17) is 16.3 Å². The van der Waals surface area contributed by atoms with Gasteiger partial charge in [0, 0.05) is 20.6 Å². The van der Waals surface area contributed by atoms with E-state index in [0.29, 0.717) is 26.4 Å². The first-order valence-electron chi connectivity index (χ1n) is 6.24. The zero-order valence-corrected chi connectivity index (χ0v) is 13.5. The van der Waals surface area contributed by atoms with Crippen LogP contribution in [0.5, 0.6) is 5.75 Å². The molecule has 0 aromatic heterocycles. The van der Waals surface area contributed by atoms with Crippen molar-refractivity contribution in [3.8, 4) is 5.75 Å². The third kappa shape index (κ3) is 3.62. The quantitative estimate of drug-likeness (QED) is 0.713. The van der Waals surface area contributed by atoms with Crippen molar-refractivity contribution < 1.29 is 9.53 Å².